The fourth-order valence-electron chi connectivity index (χ4n) is 1.07. The third kappa shape index (κ3) is 0.923. The lowest BCUT2D eigenvalue weighted by Crippen LogP contribution is -1.78. The highest BCUT2D eigenvalue weighted by Crippen LogP contribution is 2.11. The van der Waals surface area contributed by atoms with E-state index in [-0.39, 0.29) is 0 Å². The molecule has 2 nitrogen and oxygen atoms in total. The van der Waals surface area contributed by atoms with Gasteiger partial charge in [-0.3, -0.25) is 4.98 Å². The molecule has 0 aliphatic carbocycles. The van der Waals surface area contributed by atoms with Crippen LogP contribution in [-0.2, 0) is 0 Å². The summed E-state index contributed by atoms with van der Waals surface area (Å²) in [6, 6.07) is 3.97. The van der Waals surface area contributed by atoms with Crippen LogP contribution >= 0.6 is 0 Å². The van der Waals surface area contributed by atoms with Gasteiger partial charge < -0.3 is 4.98 Å². The maximum atomic E-state index is 4.16. The van der Waals surface area contributed by atoms with Crippen molar-refractivity contribution in [2.45, 2.75) is 0 Å². The van der Waals surface area contributed by atoms with Gasteiger partial charge in [-0.2, -0.15) is 0 Å². The zero-order valence-electron chi connectivity index (χ0n) is 6.04. The fourth-order valence-corrected chi connectivity index (χ4v) is 1.07. The monoisotopic (exact) mass is 144 g/mol. The van der Waals surface area contributed by atoms with Crippen LogP contribution in [0.1, 0.15) is 5.69 Å². The third-order valence-corrected chi connectivity index (χ3v) is 1.67. The van der Waals surface area contributed by atoms with Gasteiger partial charge >= 0.3 is 0 Å². The van der Waals surface area contributed by atoms with Crippen LogP contribution in [-0.4, -0.2) is 9.97 Å². The van der Waals surface area contributed by atoms with Crippen LogP contribution in [0.15, 0.2) is 31.1 Å². The SMILES string of the molecule is C=Cc1cc2[nH]ccc2cn1. The van der Waals surface area contributed by atoms with Gasteiger partial charge in [0.2, 0.25) is 0 Å². The summed E-state index contributed by atoms with van der Waals surface area (Å²) >= 11 is 0. The molecule has 0 spiro atoms. The van der Waals surface area contributed by atoms with Crippen molar-refractivity contribution < 1.29 is 0 Å². The topological polar surface area (TPSA) is 28.7 Å². The number of hydrogen-bond acceptors (Lipinski definition) is 1. The van der Waals surface area contributed by atoms with E-state index in [0.29, 0.717) is 0 Å². The Morgan fingerprint density at radius 3 is 3.27 bits per heavy atom. The molecule has 0 aliphatic rings. The second-order valence-electron chi connectivity index (χ2n) is 2.38. The molecule has 0 saturated heterocycles. The van der Waals surface area contributed by atoms with Gasteiger partial charge in [0.05, 0.1) is 5.69 Å². The Balaban J connectivity index is 2.76. The number of H-pyrrole nitrogens is 1. The second-order valence-corrected chi connectivity index (χ2v) is 2.38. The van der Waals surface area contributed by atoms with Gasteiger partial charge in [0.25, 0.3) is 0 Å². The van der Waals surface area contributed by atoms with E-state index in [0.717, 1.165) is 16.6 Å². The normalized spacial score (nSPS) is 10.2. The molecule has 0 amide bonds. The molecule has 0 radical (unpaired) electrons. The quantitative estimate of drug-likeness (QED) is 0.653. The lowest BCUT2D eigenvalue weighted by Gasteiger charge is -1.91. The number of rotatable bonds is 1. The molecule has 0 unspecified atom stereocenters. The minimum atomic E-state index is 0.903. The van der Waals surface area contributed by atoms with E-state index in [1.165, 1.54) is 0 Å². The lowest BCUT2D eigenvalue weighted by atomic mass is 10.3. The highest BCUT2D eigenvalue weighted by Gasteiger charge is 1.93. The van der Waals surface area contributed by atoms with Crippen molar-refractivity contribution in [3.8, 4) is 0 Å². The van der Waals surface area contributed by atoms with Crippen LogP contribution in [0.25, 0.3) is 17.0 Å². The highest BCUT2D eigenvalue weighted by atomic mass is 14.7. The molecule has 1 N–H and O–H groups in total. The summed E-state index contributed by atoms with van der Waals surface area (Å²) in [5.74, 6) is 0. The first-order valence-corrected chi connectivity index (χ1v) is 3.46. The number of aromatic nitrogens is 2. The standard InChI is InChI=1S/C9H8N2/c1-2-8-5-9-7(6-11-8)3-4-10-9/h2-6,10H,1H2. The summed E-state index contributed by atoms with van der Waals surface area (Å²) < 4.78 is 0. The number of hydrogen-bond donors (Lipinski definition) is 1. The highest BCUT2D eigenvalue weighted by molar-refractivity contribution is 5.79. The zero-order valence-corrected chi connectivity index (χ0v) is 6.04. The molecule has 2 aromatic heterocycles. The molecule has 0 fully saturated rings. The molecule has 2 heterocycles. The largest absolute Gasteiger partial charge is 0.361 e. The van der Waals surface area contributed by atoms with Crippen molar-refractivity contribution in [2.24, 2.45) is 0 Å². The van der Waals surface area contributed by atoms with E-state index in [4.69, 9.17) is 0 Å². The predicted octanol–water partition coefficient (Wildman–Crippen LogP) is 2.21. The van der Waals surface area contributed by atoms with Crippen molar-refractivity contribution in [1.29, 1.82) is 0 Å². The summed E-state index contributed by atoms with van der Waals surface area (Å²) in [4.78, 5) is 7.27. The first kappa shape index (κ1) is 6.16. The number of nitrogens with one attached hydrogen (secondary N) is 1. The minimum absolute atomic E-state index is 0.903. The van der Waals surface area contributed by atoms with Gasteiger partial charge in [-0.1, -0.05) is 6.58 Å². The molecule has 11 heavy (non-hydrogen) atoms. The average Bonchev–Trinajstić information content (AvgIpc) is 2.50. The Morgan fingerprint density at radius 1 is 1.55 bits per heavy atom. The summed E-state index contributed by atoms with van der Waals surface area (Å²) in [6.45, 7) is 3.65. The molecule has 0 aliphatic heterocycles. The summed E-state index contributed by atoms with van der Waals surface area (Å²) in [7, 11) is 0. The molecule has 2 aromatic rings. The van der Waals surface area contributed by atoms with E-state index in [1.54, 1.807) is 6.08 Å². The smallest absolute Gasteiger partial charge is 0.0644 e. The van der Waals surface area contributed by atoms with Crippen molar-refractivity contribution in [2.75, 3.05) is 0 Å². The Bertz CT molecular complexity index is 387. The molecule has 2 rings (SSSR count). The van der Waals surface area contributed by atoms with Crippen molar-refractivity contribution >= 4 is 17.0 Å². The van der Waals surface area contributed by atoms with Crippen LogP contribution in [0.4, 0.5) is 0 Å². The first-order valence-electron chi connectivity index (χ1n) is 3.46. The van der Waals surface area contributed by atoms with Gasteiger partial charge in [0, 0.05) is 23.3 Å². The van der Waals surface area contributed by atoms with Crippen LogP contribution in [0.5, 0.6) is 0 Å². The summed E-state index contributed by atoms with van der Waals surface area (Å²) in [6.07, 6.45) is 5.47. The number of pyridine rings is 1. The van der Waals surface area contributed by atoms with Crippen LogP contribution in [0.3, 0.4) is 0 Å². The van der Waals surface area contributed by atoms with E-state index in [9.17, 15) is 0 Å². The zero-order chi connectivity index (χ0) is 7.68. The number of aromatic amines is 1. The van der Waals surface area contributed by atoms with Crippen molar-refractivity contribution in [1.82, 2.24) is 9.97 Å². The second kappa shape index (κ2) is 2.23. The Kier molecular flexibility index (Phi) is 1.25. The van der Waals surface area contributed by atoms with Gasteiger partial charge in [-0.25, -0.2) is 0 Å². The Hall–Kier alpha value is -1.57. The number of fused-ring (bicyclic) bond motifs is 1. The van der Waals surface area contributed by atoms with Gasteiger partial charge in [-0.15, -0.1) is 0 Å². The van der Waals surface area contributed by atoms with Gasteiger partial charge in [0.15, 0.2) is 0 Å². The van der Waals surface area contributed by atoms with Gasteiger partial charge in [-0.05, 0) is 18.2 Å². The average molecular weight is 144 g/mol. The van der Waals surface area contributed by atoms with E-state index in [1.807, 2.05) is 24.5 Å². The molecule has 2 heteroatoms. The molecule has 54 valence electrons. The molecule has 0 atom stereocenters. The molecule has 0 bridgehead atoms. The van der Waals surface area contributed by atoms with E-state index in [2.05, 4.69) is 16.5 Å². The minimum Gasteiger partial charge on any atom is -0.361 e. The molecular weight excluding hydrogens is 136 g/mol. The molecular formula is C9H8N2. The Labute approximate surface area is 64.6 Å². The predicted molar refractivity (Wildman–Crippen MR) is 46.2 cm³/mol. The molecule has 0 aromatic carbocycles. The van der Waals surface area contributed by atoms with E-state index < -0.39 is 0 Å². The Morgan fingerprint density at radius 2 is 2.45 bits per heavy atom. The first-order chi connectivity index (χ1) is 5.40. The van der Waals surface area contributed by atoms with Crippen LogP contribution < -0.4 is 0 Å². The maximum absolute atomic E-state index is 4.16. The van der Waals surface area contributed by atoms with E-state index >= 15 is 0 Å². The van der Waals surface area contributed by atoms with Crippen molar-refractivity contribution in [3.63, 3.8) is 0 Å². The summed E-state index contributed by atoms with van der Waals surface area (Å²) in [5, 5.41) is 1.13. The number of nitrogens with zero attached hydrogens (tertiary/aromatic N) is 1. The fraction of sp³-hybridized carbons (Fsp3) is 0. The van der Waals surface area contributed by atoms with Crippen molar-refractivity contribution in [3.05, 3.63) is 36.8 Å². The lowest BCUT2D eigenvalue weighted by molar-refractivity contribution is 1.32. The molecule has 0 saturated carbocycles. The van der Waals surface area contributed by atoms with Crippen LogP contribution in [0, 0.1) is 0 Å². The van der Waals surface area contributed by atoms with Gasteiger partial charge in [0.1, 0.15) is 0 Å². The summed E-state index contributed by atoms with van der Waals surface area (Å²) in [5.41, 5.74) is 2.01. The third-order valence-electron chi connectivity index (χ3n) is 1.67. The maximum Gasteiger partial charge on any atom is 0.0644 e. The van der Waals surface area contributed by atoms with Crippen LogP contribution in [0.2, 0.25) is 0 Å².